The lowest BCUT2D eigenvalue weighted by Crippen LogP contribution is -2.68. The van der Waals surface area contributed by atoms with E-state index in [0.29, 0.717) is 11.3 Å². The molecule has 2 aromatic carbocycles. The Bertz CT molecular complexity index is 1580. The standard InChI is InChI=1S/C28H37NO18S2/c1-15(31)29-21-22(32)24(47-49(37,38)39)20(14-42-48(34,35)36)45-27(21)46-25-19(12-30)44-28(43-18-10-8-17(40-2)9-11-18)23(33)26(25)41-13-16-6-4-3-5-7-16/h3-11,19-28,30,32-33H,12-14H2,1-2H3,(H,29,31)(H,34,35,36)(H,37,38,39)/t19-,20-,21-,22-,23-,24-,25-,26-,27+,28-/m1/s1. The van der Waals surface area contributed by atoms with E-state index >= 15 is 0 Å². The Balaban J connectivity index is 1.67. The summed E-state index contributed by atoms with van der Waals surface area (Å²) in [7, 11) is -9.00. The first-order valence-electron chi connectivity index (χ1n) is 14.5. The number of ether oxygens (including phenoxy) is 6. The third kappa shape index (κ3) is 11.0. The summed E-state index contributed by atoms with van der Waals surface area (Å²) in [5.74, 6) is -0.0159. The van der Waals surface area contributed by atoms with E-state index in [1.54, 1.807) is 54.6 Å². The van der Waals surface area contributed by atoms with Gasteiger partial charge in [0.05, 0.1) is 26.9 Å². The van der Waals surface area contributed by atoms with Gasteiger partial charge in [0.15, 0.2) is 6.29 Å². The molecule has 2 heterocycles. The molecule has 0 saturated carbocycles. The maximum absolute atomic E-state index is 12.1. The zero-order chi connectivity index (χ0) is 35.9. The van der Waals surface area contributed by atoms with E-state index in [1.165, 1.54) is 7.11 Å². The van der Waals surface area contributed by atoms with Crippen LogP contribution in [0, 0.1) is 0 Å². The number of carbonyl (C=O) groups is 1. The Morgan fingerprint density at radius 3 is 2.04 bits per heavy atom. The summed E-state index contributed by atoms with van der Waals surface area (Å²) in [6, 6.07) is 13.3. The monoisotopic (exact) mass is 739 g/mol. The van der Waals surface area contributed by atoms with Crippen molar-refractivity contribution in [1.29, 1.82) is 0 Å². The number of hydrogen-bond acceptors (Lipinski definition) is 16. The van der Waals surface area contributed by atoms with Gasteiger partial charge in [0.25, 0.3) is 0 Å². The lowest BCUT2D eigenvalue weighted by molar-refractivity contribution is -0.341. The number of hydrogen-bond donors (Lipinski definition) is 6. The average molecular weight is 740 g/mol. The number of benzene rings is 2. The predicted octanol–water partition coefficient (Wildman–Crippen LogP) is -1.28. The molecule has 21 heteroatoms. The van der Waals surface area contributed by atoms with E-state index in [-0.39, 0.29) is 12.4 Å². The summed E-state index contributed by atoms with van der Waals surface area (Å²) in [6.07, 6.45) is -15.3. The minimum Gasteiger partial charge on any atom is -0.497 e. The fraction of sp³-hybridized carbons (Fsp3) is 0.536. The number of methoxy groups -OCH3 is 1. The maximum atomic E-state index is 12.1. The van der Waals surface area contributed by atoms with Crippen molar-refractivity contribution < 1.29 is 82.8 Å². The fourth-order valence-corrected chi connectivity index (χ4v) is 6.00. The summed E-state index contributed by atoms with van der Waals surface area (Å²) in [5.41, 5.74) is 0.668. The molecule has 10 atom stereocenters. The molecular weight excluding hydrogens is 702 g/mol. The van der Waals surface area contributed by atoms with Gasteiger partial charge < -0.3 is 49.1 Å². The second-order valence-electron chi connectivity index (χ2n) is 10.8. The molecule has 274 valence electrons. The number of amides is 1. The molecule has 0 radical (unpaired) electrons. The molecule has 4 rings (SSSR count). The first kappa shape index (κ1) is 38.8. The van der Waals surface area contributed by atoms with Gasteiger partial charge >= 0.3 is 20.8 Å². The Labute approximate surface area is 281 Å². The Hall–Kier alpha value is -3.03. The van der Waals surface area contributed by atoms with Crippen LogP contribution < -0.4 is 14.8 Å². The Morgan fingerprint density at radius 1 is 0.837 bits per heavy atom. The summed E-state index contributed by atoms with van der Waals surface area (Å²) in [4.78, 5) is 12.1. The zero-order valence-corrected chi connectivity index (χ0v) is 27.6. The van der Waals surface area contributed by atoms with Gasteiger partial charge in [0.2, 0.25) is 12.2 Å². The minimum atomic E-state index is -5.33. The van der Waals surface area contributed by atoms with Crippen molar-refractivity contribution in [3.8, 4) is 11.5 Å². The van der Waals surface area contributed by atoms with Crippen LogP contribution in [-0.4, -0.2) is 129 Å². The number of aliphatic hydroxyl groups excluding tert-OH is 3. The number of carbonyl (C=O) groups excluding carboxylic acids is 1. The molecule has 19 nitrogen and oxygen atoms in total. The highest BCUT2D eigenvalue weighted by molar-refractivity contribution is 7.81. The van der Waals surface area contributed by atoms with Crippen molar-refractivity contribution in [2.45, 2.75) is 74.9 Å². The molecule has 0 unspecified atom stereocenters. The van der Waals surface area contributed by atoms with Crippen LogP contribution >= 0.6 is 0 Å². The Morgan fingerprint density at radius 2 is 1.47 bits per heavy atom. The van der Waals surface area contributed by atoms with Crippen LogP contribution in [0.25, 0.3) is 0 Å². The van der Waals surface area contributed by atoms with E-state index in [1.807, 2.05) is 0 Å². The van der Waals surface area contributed by atoms with E-state index in [2.05, 4.69) is 13.7 Å². The molecule has 2 aliphatic rings. The Kier molecular flexibility index (Phi) is 13.3. The SMILES string of the molecule is COc1ccc(O[C@@H]2O[C@H](CO)[C@@H](O[C@@H]3O[C@H](COS(=O)(=O)O)[C@@H](OS(=O)(=O)O)[C@H](O)[C@H]3NC(C)=O)[C@H](OCc3ccccc3)[C@H]2O)cc1. The van der Waals surface area contributed by atoms with Crippen molar-refractivity contribution in [1.82, 2.24) is 5.32 Å². The van der Waals surface area contributed by atoms with Crippen LogP contribution in [0.4, 0.5) is 0 Å². The lowest BCUT2D eigenvalue weighted by Gasteiger charge is -2.48. The lowest BCUT2D eigenvalue weighted by atomic mass is 9.95. The van der Waals surface area contributed by atoms with Crippen LogP contribution in [0.15, 0.2) is 54.6 Å². The minimum absolute atomic E-state index is 0.103. The molecule has 1 amide bonds. The largest absolute Gasteiger partial charge is 0.497 e. The average Bonchev–Trinajstić information content (AvgIpc) is 3.04. The number of rotatable bonds is 15. The summed E-state index contributed by atoms with van der Waals surface area (Å²) in [6.45, 7) is -1.02. The van der Waals surface area contributed by atoms with E-state index in [0.717, 1.165) is 6.92 Å². The first-order chi connectivity index (χ1) is 23.1. The fourth-order valence-electron chi connectivity index (χ4n) is 5.17. The molecular formula is C28H37NO18S2. The molecule has 6 N–H and O–H groups in total. The topological polar surface area (TPSA) is 272 Å². The van der Waals surface area contributed by atoms with Gasteiger partial charge in [0.1, 0.15) is 60.3 Å². The number of aliphatic hydroxyl groups is 3. The molecule has 0 bridgehead atoms. The third-order valence-corrected chi connectivity index (χ3v) is 8.24. The number of nitrogens with one attached hydrogen (secondary N) is 1. The van der Waals surface area contributed by atoms with Gasteiger partial charge in [-0.25, -0.2) is 8.37 Å². The molecule has 0 aliphatic carbocycles. The molecule has 2 aromatic rings. The highest BCUT2D eigenvalue weighted by atomic mass is 32.3. The summed E-state index contributed by atoms with van der Waals surface area (Å²) >= 11 is 0. The first-order valence-corrected chi connectivity index (χ1v) is 17.3. The van der Waals surface area contributed by atoms with Crippen LogP contribution in [-0.2, 0) is 59.5 Å². The van der Waals surface area contributed by atoms with E-state index in [4.69, 9.17) is 33.0 Å². The second kappa shape index (κ2) is 16.8. The van der Waals surface area contributed by atoms with Crippen molar-refractivity contribution in [2.24, 2.45) is 0 Å². The van der Waals surface area contributed by atoms with Gasteiger partial charge in [-0.2, -0.15) is 16.8 Å². The summed E-state index contributed by atoms with van der Waals surface area (Å²) < 4.78 is 108. The second-order valence-corrected chi connectivity index (χ2v) is 13.0. The summed E-state index contributed by atoms with van der Waals surface area (Å²) in [5, 5.41) is 35.3. The van der Waals surface area contributed by atoms with Crippen LogP contribution in [0.1, 0.15) is 12.5 Å². The van der Waals surface area contributed by atoms with Gasteiger partial charge in [-0.15, -0.1) is 0 Å². The van der Waals surface area contributed by atoms with Crippen molar-refractivity contribution in [2.75, 3.05) is 20.3 Å². The maximum Gasteiger partial charge on any atom is 0.397 e. The molecule has 2 fully saturated rings. The molecule has 0 spiro atoms. The van der Waals surface area contributed by atoms with Gasteiger partial charge in [-0.05, 0) is 29.8 Å². The zero-order valence-electron chi connectivity index (χ0n) is 26.0. The van der Waals surface area contributed by atoms with E-state index < -0.39 is 101 Å². The third-order valence-electron chi connectivity index (χ3n) is 7.34. The van der Waals surface area contributed by atoms with Crippen LogP contribution in [0.2, 0.25) is 0 Å². The normalized spacial score (nSPS) is 30.8. The predicted molar refractivity (Wildman–Crippen MR) is 161 cm³/mol. The molecule has 0 aromatic heterocycles. The van der Waals surface area contributed by atoms with Crippen molar-refractivity contribution >= 4 is 26.7 Å². The highest BCUT2D eigenvalue weighted by Gasteiger charge is 2.54. The molecule has 2 saturated heterocycles. The van der Waals surface area contributed by atoms with Crippen LogP contribution in [0.3, 0.4) is 0 Å². The molecule has 49 heavy (non-hydrogen) atoms. The highest BCUT2D eigenvalue weighted by Crippen LogP contribution is 2.33. The quantitative estimate of drug-likeness (QED) is 0.116. The van der Waals surface area contributed by atoms with Gasteiger partial charge in [0, 0.05) is 6.92 Å². The van der Waals surface area contributed by atoms with Gasteiger partial charge in [-0.3, -0.25) is 13.9 Å². The van der Waals surface area contributed by atoms with Gasteiger partial charge in [-0.1, -0.05) is 30.3 Å². The molecule has 2 aliphatic heterocycles. The van der Waals surface area contributed by atoms with Crippen molar-refractivity contribution in [3.63, 3.8) is 0 Å². The van der Waals surface area contributed by atoms with Crippen molar-refractivity contribution in [3.05, 3.63) is 60.2 Å². The van der Waals surface area contributed by atoms with E-state index in [9.17, 15) is 41.5 Å². The smallest absolute Gasteiger partial charge is 0.397 e. The van der Waals surface area contributed by atoms with Crippen LogP contribution in [0.5, 0.6) is 11.5 Å².